The number of imidazole rings is 1. The van der Waals surface area contributed by atoms with Crippen molar-refractivity contribution >= 4 is 42.6 Å². The largest absolute Gasteiger partial charge is 0.349 e. The maximum atomic E-state index is 11.8. The standard InChI is InChI=1S/C14H26N6O2.2ClH/c1-9(2)12(15)13(22)17-8-11(21)16-6-10-7-18-14(19(3)4)20(10)5;;/h7,9,12H,6,8,15H2,1-5H3,(H,16,21)(H,17,22);2*1H/t12-;;/m0../s1. The van der Waals surface area contributed by atoms with Crippen molar-refractivity contribution in [3.8, 4) is 0 Å². The Bertz CT molecular complexity index is 533. The van der Waals surface area contributed by atoms with E-state index in [9.17, 15) is 9.59 Å². The van der Waals surface area contributed by atoms with Crippen LogP contribution in [0.15, 0.2) is 6.20 Å². The number of amides is 2. The van der Waals surface area contributed by atoms with Crippen LogP contribution in [-0.4, -0.2) is 48.0 Å². The first-order valence-corrected chi connectivity index (χ1v) is 7.22. The minimum atomic E-state index is -0.604. The molecule has 2 amide bonds. The van der Waals surface area contributed by atoms with Gasteiger partial charge in [0.25, 0.3) is 0 Å². The van der Waals surface area contributed by atoms with Gasteiger partial charge >= 0.3 is 0 Å². The lowest BCUT2D eigenvalue weighted by atomic mass is 10.1. The molecule has 4 N–H and O–H groups in total. The molecule has 1 heterocycles. The van der Waals surface area contributed by atoms with Crippen LogP contribution >= 0.6 is 24.8 Å². The molecule has 0 saturated heterocycles. The number of nitrogens with zero attached hydrogens (tertiary/aromatic N) is 3. The zero-order valence-electron chi connectivity index (χ0n) is 14.7. The van der Waals surface area contributed by atoms with Gasteiger partial charge in [-0.3, -0.25) is 9.59 Å². The van der Waals surface area contributed by atoms with Crippen LogP contribution in [0.3, 0.4) is 0 Å². The zero-order valence-corrected chi connectivity index (χ0v) is 16.3. The molecular formula is C14H28Cl2N6O2. The third-order valence-electron chi connectivity index (χ3n) is 3.37. The molecular weight excluding hydrogens is 355 g/mol. The molecule has 8 nitrogen and oxygen atoms in total. The predicted octanol–water partition coefficient (Wildman–Crippen LogP) is 0.0454. The molecule has 1 aromatic heterocycles. The number of rotatable bonds is 7. The van der Waals surface area contributed by atoms with E-state index in [0.717, 1.165) is 11.6 Å². The molecule has 0 aliphatic rings. The fourth-order valence-corrected chi connectivity index (χ4v) is 1.85. The number of carbonyl (C=O) groups is 2. The van der Waals surface area contributed by atoms with Gasteiger partial charge in [0, 0.05) is 21.1 Å². The molecule has 0 fully saturated rings. The van der Waals surface area contributed by atoms with Crippen molar-refractivity contribution in [2.75, 3.05) is 25.5 Å². The Hall–Kier alpha value is -1.51. The Labute approximate surface area is 155 Å². The molecule has 140 valence electrons. The molecule has 10 heteroatoms. The molecule has 0 radical (unpaired) electrons. The van der Waals surface area contributed by atoms with Gasteiger partial charge in [-0.15, -0.1) is 24.8 Å². The summed E-state index contributed by atoms with van der Waals surface area (Å²) >= 11 is 0. The van der Waals surface area contributed by atoms with Gasteiger partial charge < -0.3 is 25.8 Å². The van der Waals surface area contributed by atoms with E-state index in [0.29, 0.717) is 6.54 Å². The van der Waals surface area contributed by atoms with Crippen molar-refractivity contribution in [2.45, 2.75) is 26.4 Å². The second-order valence-electron chi connectivity index (χ2n) is 5.77. The van der Waals surface area contributed by atoms with E-state index in [1.54, 1.807) is 6.20 Å². The third kappa shape index (κ3) is 6.94. The molecule has 0 aliphatic heterocycles. The Morgan fingerprint density at radius 2 is 1.88 bits per heavy atom. The van der Waals surface area contributed by atoms with E-state index < -0.39 is 6.04 Å². The molecule has 0 spiro atoms. The van der Waals surface area contributed by atoms with Gasteiger partial charge in [-0.05, 0) is 5.92 Å². The van der Waals surface area contributed by atoms with Crippen LogP contribution in [0.2, 0.25) is 0 Å². The highest BCUT2D eigenvalue weighted by molar-refractivity contribution is 5.87. The number of hydrogen-bond acceptors (Lipinski definition) is 5. The van der Waals surface area contributed by atoms with Gasteiger partial charge in [0.1, 0.15) is 0 Å². The van der Waals surface area contributed by atoms with Crippen molar-refractivity contribution in [1.29, 1.82) is 0 Å². The van der Waals surface area contributed by atoms with Crippen LogP contribution in [0, 0.1) is 5.92 Å². The average molecular weight is 383 g/mol. The second kappa shape index (κ2) is 11.1. The van der Waals surface area contributed by atoms with Gasteiger partial charge in [-0.25, -0.2) is 4.98 Å². The highest BCUT2D eigenvalue weighted by Gasteiger charge is 2.17. The van der Waals surface area contributed by atoms with Crippen LogP contribution in [0.5, 0.6) is 0 Å². The highest BCUT2D eigenvalue weighted by atomic mass is 35.5. The summed E-state index contributed by atoms with van der Waals surface area (Å²) in [4.78, 5) is 29.6. The van der Waals surface area contributed by atoms with Crippen LogP contribution in [0.25, 0.3) is 0 Å². The van der Waals surface area contributed by atoms with Crippen molar-refractivity contribution in [2.24, 2.45) is 18.7 Å². The maximum absolute atomic E-state index is 11.8. The fraction of sp³-hybridized carbons (Fsp3) is 0.643. The van der Waals surface area contributed by atoms with E-state index >= 15 is 0 Å². The lowest BCUT2D eigenvalue weighted by Gasteiger charge is -2.15. The molecule has 0 aliphatic carbocycles. The number of halogens is 2. The number of nitrogens with one attached hydrogen (secondary N) is 2. The Kier molecular flexibility index (Phi) is 11.5. The third-order valence-corrected chi connectivity index (χ3v) is 3.37. The van der Waals surface area contributed by atoms with E-state index in [1.165, 1.54) is 0 Å². The SMILES string of the molecule is CC(C)[C@H](N)C(=O)NCC(=O)NCc1cnc(N(C)C)n1C.Cl.Cl. The maximum Gasteiger partial charge on any atom is 0.239 e. The van der Waals surface area contributed by atoms with E-state index in [1.807, 2.05) is 44.5 Å². The lowest BCUT2D eigenvalue weighted by molar-refractivity contribution is -0.127. The normalized spacial score (nSPS) is 11.1. The predicted molar refractivity (Wildman–Crippen MR) is 99.7 cm³/mol. The quantitative estimate of drug-likeness (QED) is 0.617. The first-order chi connectivity index (χ1) is 10.2. The van der Waals surface area contributed by atoms with E-state index in [4.69, 9.17) is 5.73 Å². The summed E-state index contributed by atoms with van der Waals surface area (Å²) in [7, 11) is 5.68. The van der Waals surface area contributed by atoms with Crippen molar-refractivity contribution in [3.05, 3.63) is 11.9 Å². The summed E-state index contributed by atoms with van der Waals surface area (Å²) in [5.41, 5.74) is 6.58. The second-order valence-corrected chi connectivity index (χ2v) is 5.77. The molecule has 1 rings (SSSR count). The minimum Gasteiger partial charge on any atom is -0.349 e. The topological polar surface area (TPSA) is 105 Å². The molecule has 0 aromatic carbocycles. The molecule has 1 aromatic rings. The Morgan fingerprint density at radius 3 is 2.33 bits per heavy atom. The van der Waals surface area contributed by atoms with Crippen LogP contribution in [0.4, 0.5) is 5.95 Å². The lowest BCUT2D eigenvalue weighted by Crippen LogP contribution is -2.47. The molecule has 0 unspecified atom stereocenters. The molecule has 24 heavy (non-hydrogen) atoms. The smallest absolute Gasteiger partial charge is 0.239 e. The number of carbonyl (C=O) groups excluding carboxylic acids is 2. The average Bonchev–Trinajstić information content (AvgIpc) is 2.82. The first kappa shape index (κ1) is 24.7. The van der Waals surface area contributed by atoms with Gasteiger partial charge in [0.05, 0.1) is 31.0 Å². The fourth-order valence-electron chi connectivity index (χ4n) is 1.85. The van der Waals surface area contributed by atoms with Gasteiger partial charge in [-0.2, -0.15) is 0 Å². The van der Waals surface area contributed by atoms with Crippen LogP contribution in [-0.2, 0) is 23.2 Å². The van der Waals surface area contributed by atoms with Crippen molar-refractivity contribution in [3.63, 3.8) is 0 Å². The van der Waals surface area contributed by atoms with Gasteiger partial charge in [-0.1, -0.05) is 13.8 Å². The summed E-state index contributed by atoms with van der Waals surface area (Å²) in [6, 6.07) is -0.604. The Morgan fingerprint density at radius 1 is 1.29 bits per heavy atom. The van der Waals surface area contributed by atoms with Gasteiger partial charge in [0.15, 0.2) is 0 Å². The highest BCUT2D eigenvalue weighted by Crippen LogP contribution is 2.10. The van der Waals surface area contributed by atoms with Crippen LogP contribution < -0.4 is 21.3 Å². The summed E-state index contributed by atoms with van der Waals surface area (Å²) in [6.07, 6.45) is 1.71. The number of nitrogens with two attached hydrogens (primary N) is 1. The Balaban J connectivity index is 0. The zero-order chi connectivity index (χ0) is 16.9. The summed E-state index contributed by atoms with van der Waals surface area (Å²) in [5, 5.41) is 5.27. The summed E-state index contributed by atoms with van der Waals surface area (Å²) in [6.45, 7) is 3.98. The monoisotopic (exact) mass is 382 g/mol. The van der Waals surface area contributed by atoms with E-state index in [2.05, 4.69) is 15.6 Å². The minimum absolute atomic E-state index is 0. The number of aromatic nitrogens is 2. The van der Waals surface area contributed by atoms with Crippen molar-refractivity contribution in [1.82, 2.24) is 20.2 Å². The summed E-state index contributed by atoms with van der Waals surface area (Å²) in [5.74, 6) is 0.250. The van der Waals surface area contributed by atoms with Crippen molar-refractivity contribution < 1.29 is 9.59 Å². The number of anilines is 1. The molecule has 1 atom stereocenters. The molecule has 0 bridgehead atoms. The molecule has 0 saturated carbocycles. The summed E-state index contributed by atoms with van der Waals surface area (Å²) < 4.78 is 1.90. The van der Waals surface area contributed by atoms with Gasteiger partial charge in [0.2, 0.25) is 17.8 Å². The first-order valence-electron chi connectivity index (χ1n) is 7.22. The van der Waals surface area contributed by atoms with Crippen LogP contribution in [0.1, 0.15) is 19.5 Å². The number of hydrogen-bond donors (Lipinski definition) is 3. The van der Waals surface area contributed by atoms with E-state index in [-0.39, 0.29) is 49.1 Å².